The second kappa shape index (κ2) is 5.05. The molecule has 23 heavy (non-hydrogen) atoms. The molecule has 0 spiro atoms. The highest BCUT2D eigenvalue weighted by atomic mass is 19.1. The van der Waals surface area contributed by atoms with Gasteiger partial charge in [0, 0.05) is 28.8 Å². The van der Waals surface area contributed by atoms with Gasteiger partial charge in [-0.2, -0.15) is 0 Å². The van der Waals surface area contributed by atoms with E-state index in [0.29, 0.717) is 35.6 Å². The SMILES string of the molecule is O=CCc1ccc2c(c1)CO/C2=C1/C(=O)Nc2ccc(F)cc21. The predicted octanol–water partition coefficient (Wildman–Crippen LogP) is 2.92. The largest absolute Gasteiger partial charge is 0.487 e. The van der Waals surface area contributed by atoms with Crippen LogP contribution >= 0.6 is 0 Å². The molecule has 114 valence electrons. The van der Waals surface area contributed by atoms with Crippen LogP contribution in [-0.2, 0) is 27.4 Å². The van der Waals surface area contributed by atoms with Gasteiger partial charge in [0.25, 0.3) is 5.91 Å². The Morgan fingerprint density at radius 1 is 1.17 bits per heavy atom. The van der Waals surface area contributed by atoms with E-state index < -0.39 is 5.82 Å². The molecule has 2 aliphatic rings. The lowest BCUT2D eigenvalue weighted by atomic mass is 9.98. The number of benzene rings is 2. The van der Waals surface area contributed by atoms with Crippen molar-refractivity contribution < 1.29 is 18.7 Å². The molecule has 4 rings (SSSR count). The van der Waals surface area contributed by atoms with Gasteiger partial charge in [0.1, 0.15) is 24.5 Å². The van der Waals surface area contributed by atoms with Crippen molar-refractivity contribution in [3.05, 3.63) is 64.5 Å². The van der Waals surface area contributed by atoms with Gasteiger partial charge in [0.2, 0.25) is 0 Å². The van der Waals surface area contributed by atoms with E-state index in [1.807, 2.05) is 18.2 Å². The molecule has 0 radical (unpaired) electrons. The Bertz CT molecular complexity index is 886. The van der Waals surface area contributed by atoms with E-state index in [1.165, 1.54) is 12.1 Å². The van der Waals surface area contributed by atoms with Crippen molar-refractivity contribution in [2.45, 2.75) is 13.0 Å². The Morgan fingerprint density at radius 3 is 2.87 bits per heavy atom. The summed E-state index contributed by atoms with van der Waals surface area (Å²) in [7, 11) is 0. The van der Waals surface area contributed by atoms with Gasteiger partial charge in [0.05, 0.1) is 5.57 Å². The van der Waals surface area contributed by atoms with E-state index in [4.69, 9.17) is 4.74 Å². The van der Waals surface area contributed by atoms with Crippen molar-refractivity contribution in [1.82, 2.24) is 0 Å². The van der Waals surface area contributed by atoms with Gasteiger partial charge in [-0.3, -0.25) is 4.79 Å². The number of ether oxygens (including phenoxy) is 1. The first-order chi connectivity index (χ1) is 11.2. The quantitative estimate of drug-likeness (QED) is 0.685. The lowest BCUT2D eigenvalue weighted by molar-refractivity contribution is -0.111. The molecule has 1 amide bonds. The molecule has 0 saturated carbocycles. The Labute approximate surface area is 131 Å². The summed E-state index contributed by atoms with van der Waals surface area (Å²) in [6.07, 6.45) is 1.19. The highest BCUT2D eigenvalue weighted by Gasteiger charge is 2.32. The lowest BCUT2D eigenvalue weighted by Crippen LogP contribution is -2.05. The van der Waals surface area contributed by atoms with Crippen molar-refractivity contribution in [1.29, 1.82) is 0 Å². The predicted molar refractivity (Wildman–Crippen MR) is 82.8 cm³/mol. The van der Waals surface area contributed by atoms with Gasteiger partial charge in [-0.15, -0.1) is 0 Å². The van der Waals surface area contributed by atoms with Crippen molar-refractivity contribution in [3.8, 4) is 0 Å². The summed E-state index contributed by atoms with van der Waals surface area (Å²) in [4.78, 5) is 22.9. The summed E-state index contributed by atoms with van der Waals surface area (Å²) in [5.41, 5.74) is 4.06. The van der Waals surface area contributed by atoms with Crippen LogP contribution in [0.15, 0.2) is 36.4 Å². The number of rotatable bonds is 2. The van der Waals surface area contributed by atoms with Crippen molar-refractivity contribution in [2.24, 2.45) is 0 Å². The molecule has 2 aromatic carbocycles. The number of hydrogen-bond acceptors (Lipinski definition) is 3. The number of anilines is 1. The van der Waals surface area contributed by atoms with Crippen LogP contribution in [0.25, 0.3) is 11.3 Å². The van der Waals surface area contributed by atoms with E-state index in [9.17, 15) is 14.0 Å². The maximum atomic E-state index is 13.5. The van der Waals surface area contributed by atoms with Crippen LogP contribution in [0.4, 0.5) is 10.1 Å². The Balaban J connectivity index is 1.87. The number of carbonyl (C=O) groups excluding carboxylic acids is 2. The number of carbonyl (C=O) groups is 2. The number of hydrogen-bond donors (Lipinski definition) is 1. The molecule has 2 aromatic rings. The summed E-state index contributed by atoms with van der Waals surface area (Å²) in [5, 5.41) is 2.72. The molecule has 5 heteroatoms. The summed E-state index contributed by atoms with van der Waals surface area (Å²) in [6.45, 7) is 0.332. The Hall–Kier alpha value is -2.95. The van der Waals surface area contributed by atoms with Crippen molar-refractivity contribution in [2.75, 3.05) is 5.32 Å². The van der Waals surface area contributed by atoms with Crippen LogP contribution in [-0.4, -0.2) is 12.2 Å². The van der Waals surface area contributed by atoms with Crippen LogP contribution in [0.5, 0.6) is 0 Å². The van der Waals surface area contributed by atoms with Crippen LogP contribution in [0.3, 0.4) is 0 Å². The van der Waals surface area contributed by atoms with Gasteiger partial charge < -0.3 is 14.8 Å². The van der Waals surface area contributed by atoms with E-state index in [0.717, 1.165) is 23.0 Å². The average Bonchev–Trinajstić information content (AvgIpc) is 3.07. The fourth-order valence-electron chi connectivity index (χ4n) is 3.01. The highest BCUT2D eigenvalue weighted by molar-refractivity contribution is 6.36. The van der Waals surface area contributed by atoms with Gasteiger partial charge in [-0.25, -0.2) is 4.39 Å². The molecule has 1 N–H and O–H groups in total. The summed E-state index contributed by atoms with van der Waals surface area (Å²) in [5.74, 6) is -0.247. The van der Waals surface area contributed by atoms with E-state index in [2.05, 4.69) is 5.32 Å². The third-order valence-corrected chi connectivity index (χ3v) is 4.06. The fraction of sp³-hybridized carbons (Fsp3) is 0.111. The van der Waals surface area contributed by atoms with Crippen LogP contribution in [0.2, 0.25) is 0 Å². The number of aldehydes is 1. The summed E-state index contributed by atoms with van der Waals surface area (Å²) < 4.78 is 19.3. The fourth-order valence-corrected chi connectivity index (χ4v) is 3.01. The Morgan fingerprint density at radius 2 is 2.04 bits per heavy atom. The number of halogens is 1. The molecule has 2 aliphatic heterocycles. The van der Waals surface area contributed by atoms with Gasteiger partial charge in [-0.1, -0.05) is 18.2 Å². The zero-order valence-corrected chi connectivity index (χ0v) is 12.1. The first-order valence-electron chi connectivity index (χ1n) is 7.21. The number of fused-ring (bicyclic) bond motifs is 2. The molecule has 2 heterocycles. The minimum Gasteiger partial charge on any atom is -0.487 e. The first-order valence-corrected chi connectivity index (χ1v) is 7.21. The molecule has 0 saturated heterocycles. The minimum absolute atomic E-state index is 0.301. The molecular weight excluding hydrogens is 297 g/mol. The van der Waals surface area contributed by atoms with Crippen molar-refractivity contribution in [3.63, 3.8) is 0 Å². The number of amides is 1. The topological polar surface area (TPSA) is 55.4 Å². The number of nitrogens with one attached hydrogen (secondary N) is 1. The van der Waals surface area contributed by atoms with E-state index in [1.54, 1.807) is 6.07 Å². The standard InChI is InChI=1S/C18H12FNO3/c19-12-2-4-15-14(8-12)16(18(22)20-15)17-13-3-1-10(5-6-21)7-11(13)9-23-17/h1-4,6-8H,5,9H2,(H,20,22)/b17-16+. The average molecular weight is 309 g/mol. The smallest absolute Gasteiger partial charge is 0.260 e. The Kier molecular flexibility index (Phi) is 3.01. The third kappa shape index (κ3) is 2.12. The van der Waals surface area contributed by atoms with Crippen LogP contribution in [0.1, 0.15) is 22.3 Å². The lowest BCUT2D eigenvalue weighted by Gasteiger charge is -2.05. The molecule has 0 fully saturated rings. The molecule has 0 aliphatic carbocycles. The summed E-state index contributed by atoms with van der Waals surface area (Å²) in [6, 6.07) is 9.76. The van der Waals surface area contributed by atoms with Gasteiger partial charge in [-0.05, 0) is 23.8 Å². The van der Waals surface area contributed by atoms with E-state index in [-0.39, 0.29) is 5.91 Å². The monoisotopic (exact) mass is 309 g/mol. The third-order valence-electron chi connectivity index (χ3n) is 4.06. The first kappa shape index (κ1) is 13.7. The molecule has 0 unspecified atom stereocenters. The minimum atomic E-state index is -0.405. The van der Waals surface area contributed by atoms with Crippen LogP contribution in [0, 0.1) is 5.82 Å². The highest BCUT2D eigenvalue weighted by Crippen LogP contribution is 2.41. The van der Waals surface area contributed by atoms with Crippen molar-refractivity contribution >= 4 is 29.2 Å². The molecule has 0 bridgehead atoms. The molecule has 0 atom stereocenters. The van der Waals surface area contributed by atoms with Crippen LogP contribution < -0.4 is 5.32 Å². The normalized spacial score (nSPS) is 18.2. The van der Waals surface area contributed by atoms with Gasteiger partial charge >= 0.3 is 0 Å². The summed E-state index contributed by atoms with van der Waals surface area (Å²) >= 11 is 0. The second-order valence-electron chi connectivity index (χ2n) is 5.50. The van der Waals surface area contributed by atoms with E-state index >= 15 is 0 Å². The molecule has 0 aromatic heterocycles. The zero-order valence-electron chi connectivity index (χ0n) is 12.1. The second-order valence-corrected chi connectivity index (χ2v) is 5.50. The maximum Gasteiger partial charge on any atom is 0.260 e. The molecular formula is C18H12FNO3. The van der Waals surface area contributed by atoms with Gasteiger partial charge in [0.15, 0.2) is 0 Å². The molecule has 4 nitrogen and oxygen atoms in total. The maximum absolute atomic E-state index is 13.5. The zero-order chi connectivity index (χ0) is 16.0.